The minimum absolute atomic E-state index is 0.126. The molecule has 1 fully saturated rings. The number of ether oxygens (including phenoxy) is 1. The Morgan fingerprint density at radius 2 is 1.64 bits per heavy atom. The van der Waals surface area contributed by atoms with Gasteiger partial charge in [0.05, 0.1) is 16.7 Å². The van der Waals surface area contributed by atoms with Gasteiger partial charge in [-0.05, 0) is 62.2 Å². The van der Waals surface area contributed by atoms with Crippen LogP contribution in [0, 0.1) is 0 Å². The molecular formula is C31H35N7O3S. The van der Waals surface area contributed by atoms with Crippen LogP contribution in [0.2, 0.25) is 0 Å². The smallest absolute Gasteiger partial charge is 0.240 e. The van der Waals surface area contributed by atoms with Gasteiger partial charge in [0.25, 0.3) is 0 Å². The highest BCUT2D eigenvalue weighted by atomic mass is 32.2. The van der Waals surface area contributed by atoms with Crippen LogP contribution in [0.5, 0.6) is 0 Å². The van der Waals surface area contributed by atoms with Gasteiger partial charge in [-0.25, -0.2) is 13.1 Å². The summed E-state index contributed by atoms with van der Waals surface area (Å²) in [4.78, 5) is 9.89. The lowest BCUT2D eigenvalue weighted by Gasteiger charge is -2.19. The number of aromatic nitrogens is 2. The topological polar surface area (TPSA) is 130 Å². The molecule has 1 saturated heterocycles. The number of rotatable bonds is 12. The standard InChI is InChI=1S/C31H35N7O3S/c1-22(24-15-17-27(18-16-24)42(39,40)32-2)37-38-30-28(20-23-10-5-3-6-11-23)29(33-21-26-14-9-19-41-26)35-31(36-30)34-25-12-7-4-8-13-25/h3-8,10-13,15-18,26,32H,9,14,19-21H2,1-2H3,(H3,33,34,35,36,38). The van der Waals surface area contributed by atoms with Gasteiger partial charge in [-0.2, -0.15) is 15.1 Å². The van der Waals surface area contributed by atoms with Crippen LogP contribution in [0.3, 0.4) is 0 Å². The van der Waals surface area contributed by atoms with Crippen molar-refractivity contribution < 1.29 is 13.2 Å². The second kappa shape index (κ2) is 13.6. The molecule has 42 heavy (non-hydrogen) atoms. The minimum Gasteiger partial charge on any atom is -0.376 e. The van der Waals surface area contributed by atoms with Crippen molar-refractivity contribution in [1.82, 2.24) is 14.7 Å². The number of hydrazone groups is 1. The van der Waals surface area contributed by atoms with Gasteiger partial charge < -0.3 is 15.4 Å². The molecule has 3 aromatic carbocycles. The van der Waals surface area contributed by atoms with Crippen LogP contribution in [0.15, 0.2) is 94.9 Å². The van der Waals surface area contributed by atoms with Gasteiger partial charge in [0, 0.05) is 30.8 Å². The van der Waals surface area contributed by atoms with Crippen LogP contribution in [-0.2, 0) is 21.2 Å². The maximum atomic E-state index is 12.1. The first kappa shape index (κ1) is 29.2. The summed E-state index contributed by atoms with van der Waals surface area (Å²) in [6.45, 7) is 3.26. The van der Waals surface area contributed by atoms with Crippen LogP contribution >= 0.6 is 0 Å². The van der Waals surface area contributed by atoms with E-state index in [0.717, 1.165) is 41.8 Å². The van der Waals surface area contributed by atoms with Crippen LogP contribution in [0.1, 0.15) is 36.5 Å². The lowest BCUT2D eigenvalue weighted by Crippen LogP contribution is -2.21. The molecule has 0 amide bonds. The van der Waals surface area contributed by atoms with Crippen molar-refractivity contribution in [1.29, 1.82) is 0 Å². The molecular weight excluding hydrogens is 550 g/mol. The van der Waals surface area contributed by atoms with Crippen molar-refractivity contribution in [3.63, 3.8) is 0 Å². The van der Waals surface area contributed by atoms with Crippen LogP contribution in [0.25, 0.3) is 0 Å². The van der Waals surface area contributed by atoms with Gasteiger partial charge in [-0.3, -0.25) is 5.43 Å². The molecule has 0 radical (unpaired) electrons. The molecule has 2 heterocycles. The van der Waals surface area contributed by atoms with Crippen LogP contribution in [0.4, 0.5) is 23.3 Å². The van der Waals surface area contributed by atoms with Crippen molar-refractivity contribution in [2.75, 3.05) is 36.3 Å². The van der Waals surface area contributed by atoms with E-state index in [0.29, 0.717) is 36.3 Å². The molecule has 0 saturated carbocycles. The summed E-state index contributed by atoms with van der Waals surface area (Å²) in [5.41, 5.74) is 7.45. The molecule has 4 N–H and O–H groups in total. The van der Waals surface area contributed by atoms with Crippen LogP contribution in [-0.4, -0.2) is 50.4 Å². The van der Waals surface area contributed by atoms with E-state index in [2.05, 4.69) is 38.0 Å². The molecule has 10 nitrogen and oxygen atoms in total. The van der Waals surface area contributed by atoms with Gasteiger partial charge >= 0.3 is 0 Å². The van der Waals surface area contributed by atoms with E-state index in [9.17, 15) is 8.42 Å². The molecule has 1 unspecified atom stereocenters. The summed E-state index contributed by atoms with van der Waals surface area (Å²) < 4.78 is 32.4. The van der Waals surface area contributed by atoms with Crippen molar-refractivity contribution in [2.45, 2.75) is 37.2 Å². The number of para-hydroxylation sites is 1. The Bertz CT molecular complexity index is 1610. The van der Waals surface area contributed by atoms with Crippen molar-refractivity contribution in [3.05, 3.63) is 102 Å². The molecule has 1 aliphatic rings. The Morgan fingerprint density at radius 3 is 2.31 bits per heavy atom. The lowest BCUT2D eigenvalue weighted by atomic mass is 10.1. The first-order valence-corrected chi connectivity index (χ1v) is 15.4. The zero-order chi connectivity index (χ0) is 29.4. The van der Waals surface area contributed by atoms with Gasteiger partial charge in [0.1, 0.15) is 5.82 Å². The Kier molecular flexibility index (Phi) is 9.42. The second-order valence-corrected chi connectivity index (χ2v) is 11.8. The average molecular weight is 586 g/mol. The summed E-state index contributed by atoms with van der Waals surface area (Å²) in [6, 6.07) is 26.5. The first-order chi connectivity index (χ1) is 20.4. The predicted molar refractivity (Wildman–Crippen MR) is 167 cm³/mol. The summed E-state index contributed by atoms with van der Waals surface area (Å²) in [5, 5.41) is 11.5. The molecule has 5 rings (SSSR count). The van der Waals surface area contributed by atoms with Gasteiger partial charge in [-0.1, -0.05) is 60.7 Å². The lowest BCUT2D eigenvalue weighted by molar-refractivity contribution is 0.120. The number of hydrogen-bond donors (Lipinski definition) is 4. The zero-order valence-electron chi connectivity index (χ0n) is 23.7. The fourth-order valence-electron chi connectivity index (χ4n) is 4.61. The second-order valence-electron chi connectivity index (χ2n) is 9.93. The highest BCUT2D eigenvalue weighted by Gasteiger charge is 2.20. The van der Waals surface area contributed by atoms with E-state index in [4.69, 9.17) is 14.7 Å². The summed E-state index contributed by atoms with van der Waals surface area (Å²) >= 11 is 0. The normalized spacial score (nSPS) is 15.4. The number of benzene rings is 3. The van der Waals surface area contributed by atoms with Gasteiger partial charge in [0.2, 0.25) is 16.0 Å². The number of nitrogens with one attached hydrogen (secondary N) is 4. The Hall–Kier alpha value is -4.32. The zero-order valence-corrected chi connectivity index (χ0v) is 24.5. The molecule has 0 spiro atoms. The molecule has 0 bridgehead atoms. The Labute approximate surface area is 246 Å². The first-order valence-electron chi connectivity index (χ1n) is 13.9. The average Bonchev–Trinajstić information content (AvgIpc) is 3.55. The maximum absolute atomic E-state index is 12.1. The molecule has 11 heteroatoms. The van der Waals surface area contributed by atoms with Crippen molar-refractivity contribution in [2.24, 2.45) is 5.10 Å². The largest absolute Gasteiger partial charge is 0.376 e. The van der Waals surface area contributed by atoms with Crippen molar-refractivity contribution >= 4 is 39.0 Å². The number of sulfonamides is 1. The maximum Gasteiger partial charge on any atom is 0.240 e. The quantitative estimate of drug-likeness (QED) is 0.133. The van der Waals surface area contributed by atoms with E-state index < -0.39 is 10.0 Å². The van der Waals surface area contributed by atoms with E-state index in [1.165, 1.54) is 7.05 Å². The number of nitrogens with zero attached hydrogens (tertiary/aromatic N) is 3. The predicted octanol–water partition coefficient (Wildman–Crippen LogP) is 5.15. The molecule has 1 atom stereocenters. The minimum atomic E-state index is -3.52. The molecule has 0 aliphatic carbocycles. The molecule has 4 aromatic rings. The molecule has 1 aliphatic heterocycles. The van der Waals surface area contributed by atoms with Crippen LogP contribution < -0.4 is 20.8 Å². The van der Waals surface area contributed by atoms with E-state index in [-0.39, 0.29) is 11.0 Å². The summed E-state index contributed by atoms with van der Waals surface area (Å²) in [5.74, 6) is 1.67. The van der Waals surface area contributed by atoms with Crippen molar-refractivity contribution in [3.8, 4) is 0 Å². The number of anilines is 4. The summed E-state index contributed by atoms with van der Waals surface area (Å²) in [7, 11) is -2.14. The van der Waals surface area contributed by atoms with E-state index in [1.807, 2.05) is 55.5 Å². The molecule has 218 valence electrons. The third kappa shape index (κ3) is 7.49. The highest BCUT2D eigenvalue weighted by molar-refractivity contribution is 7.89. The highest BCUT2D eigenvalue weighted by Crippen LogP contribution is 2.28. The van der Waals surface area contributed by atoms with Gasteiger partial charge in [0.15, 0.2) is 5.82 Å². The van der Waals surface area contributed by atoms with Gasteiger partial charge in [-0.15, -0.1) is 0 Å². The number of hydrogen-bond acceptors (Lipinski definition) is 9. The SMILES string of the molecule is CNS(=O)(=O)c1ccc(C(C)=NNc2nc(Nc3ccccc3)nc(NCC3CCCO3)c2Cc2ccccc2)cc1. The summed E-state index contributed by atoms with van der Waals surface area (Å²) in [6.07, 6.45) is 2.76. The Morgan fingerprint density at radius 1 is 0.952 bits per heavy atom. The fourth-order valence-corrected chi connectivity index (χ4v) is 5.34. The fraction of sp³-hybridized carbons (Fsp3) is 0.258. The third-order valence-electron chi connectivity index (χ3n) is 6.96. The molecule has 1 aromatic heterocycles. The Balaban J connectivity index is 1.50. The monoisotopic (exact) mass is 585 g/mol. The van der Waals surface area contributed by atoms with E-state index in [1.54, 1.807) is 24.3 Å². The third-order valence-corrected chi connectivity index (χ3v) is 8.39. The van der Waals surface area contributed by atoms with E-state index >= 15 is 0 Å².